The van der Waals surface area contributed by atoms with Crippen LogP contribution in [0, 0.1) is 28.3 Å². The van der Waals surface area contributed by atoms with Crippen molar-refractivity contribution in [2.45, 2.75) is 0 Å². The molecule has 0 atom stereocenters. The third kappa shape index (κ3) is 2.51. The van der Waals surface area contributed by atoms with Gasteiger partial charge in [0.1, 0.15) is 11.6 Å². The minimum Gasteiger partial charge on any atom is -0.329 e. The zero-order chi connectivity index (χ0) is 17.4. The Hall–Kier alpha value is -3.16. The van der Waals surface area contributed by atoms with Crippen LogP contribution in [0.25, 0.3) is 10.9 Å². The van der Waals surface area contributed by atoms with E-state index >= 15 is 0 Å². The van der Waals surface area contributed by atoms with Gasteiger partial charge in [-0.2, -0.15) is 4.98 Å². The van der Waals surface area contributed by atoms with E-state index in [4.69, 9.17) is 10.8 Å². The lowest BCUT2D eigenvalue weighted by molar-refractivity contribution is 0.510. The van der Waals surface area contributed by atoms with Gasteiger partial charge in [0.05, 0.1) is 11.9 Å². The van der Waals surface area contributed by atoms with Crippen molar-refractivity contribution >= 4 is 28.7 Å². The van der Waals surface area contributed by atoms with E-state index in [0.29, 0.717) is 5.69 Å². The van der Waals surface area contributed by atoms with E-state index in [0.717, 1.165) is 23.0 Å². The number of rotatable bonds is 3. The van der Waals surface area contributed by atoms with E-state index in [1.54, 1.807) is 13.1 Å². The van der Waals surface area contributed by atoms with Crippen LogP contribution in [0.15, 0.2) is 36.4 Å². The summed E-state index contributed by atoms with van der Waals surface area (Å²) in [4.78, 5) is 5.51. The van der Waals surface area contributed by atoms with Gasteiger partial charge >= 0.3 is 0 Å². The third-order valence-corrected chi connectivity index (χ3v) is 3.62. The molecule has 3 rings (SSSR count). The van der Waals surface area contributed by atoms with E-state index in [2.05, 4.69) is 4.98 Å². The molecule has 24 heavy (non-hydrogen) atoms. The van der Waals surface area contributed by atoms with Gasteiger partial charge in [-0.25, -0.2) is 13.2 Å². The molecule has 0 saturated carbocycles. The van der Waals surface area contributed by atoms with Crippen LogP contribution in [0.2, 0.25) is 0 Å². The average Bonchev–Trinajstić information content (AvgIpc) is 2.55. The lowest BCUT2D eigenvalue weighted by atomic mass is 10.2. The Balaban J connectivity index is 2.34. The summed E-state index contributed by atoms with van der Waals surface area (Å²) >= 11 is 0. The summed E-state index contributed by atoms with van der Waals surface area (Å²) in [6.07, 6.45) is 0.793. The van der Waals surface area contributed by atoms with Crippen LogP contribution in [0.4, 0.5) is 24.7 Å². The number of fused-ring (bicyclic) bond motifs is 1. The summed E-state index contributed by atoms with van der Waals surface area (Å²) in [7, 11) is 1.58. The first kappa shape index (κ1) is 15.7. The summed E-state index contributed by atoms with van der Waals surface area (Å²) in [6.45, 7) is 0. The molecule has 0 amide bonds. The lowest BCUT2D eigenvalue weighted by Crippen LogP contribution is -2.26. The van der Waals surface area contributed by atoms with Gasteiger partial charge in [0, 0.05) is 24.2 Å². The topological polar surface area (TPSA) is 68.8 Å². The maximum atomic E-state index is 13.7. The summed E-state index contributed by atoms with van der Waals surface area (Å²) in [6, 6.07) is 7.51. The van der Waals surface area contributed by atoms with Gasteiger partial charge < -0.3 is 4.90 Å². The summed E-state index contributed by atoms with van der Waals surface area (Å²) in [5.41, 5.74) is 0.212. The first-order valence-corrected chi connectivity index (χ1v) is 6.88. The zero-order valence-corrected chi connectivity index (χ0v) is 12.5. The molecule has 8 heteroatoms. The Kier molecular flexibility index (Phi) is 3.80. The van der Waals surface area contributed by atoms with Crippen molar-refractivity contribution in [3.63, 3.8) is 0 Å². The highest BCUT2D eigenvalue weighted by Crippen LogP contribution is 2.29. The van der Waals surface area contributed by atoms with Gasteiger partial charge in [0.25, 0.3) is 0 Å². The highest BCUT2D eigenvalue weighted by Gasteiger charge is 2.16. The number of halogens is 3. The van der Waals surface area contributed by atoms with Crippen LogP contribution in [-0.2, 0) is 0 Å². The zero-order valence-electron chi connectivity index (χ0n) is 12.5. The maximum Gasteiger partial charge on any atom is 0.229 e. The second-order valence-corrected chi connectivity index (χ2v) is 5.08. The van der Waals surface area contributed by atoms with Crippen molar-refractivity contribution in [1.29, 1.82) is 10.8 Å². The van der Waals surface area contributed by atoms with E-state index in [1.165, 1.54) is 23.1 Å². The van der Waals surface area contributed by atoms with Gasteiger partial charge in [-0.15, -0.1) is 0 Å². The molecule has 0 spiro atoms. The third-order valence-electron chi connectivity index (χ3n) is 3.62. The molecule has 0 bridgehead atoms. The molecular formula is C16H12F3N5. The number of nitrogens with one attached hydrogen (secondary N) is 2. The van der Waals surface area contributed by atoms with E-state index in [1.807, 2.05) is 0 Å². The van der Waals surface area contributed by atoms with Gasteiger partial charge in [-0.1, -0.05) is 6.07 Å². The quantitative estimate of drug-likeness (QED) is 0.572. The van der Waals surface area contributed by atoms with E-state index < -0.39 is 17.5 Å². The highest BCUT2D eigenvalue weighted by atomic mass is 19.2. The van der Waals surface area contributed by atoms with Gasteiger partial charge in [-0.05, 0) is 24.3 Å². The Bertz CT molecular complexity index is 1010. The molecule has 0 saturated heterocycles. The lowest BCUT2D eigenvalue weighted by Gasteiger charge is -2.21. The van der Waals surface area contributed by atoms with Crippen molar-refractivity contribution in [2.24, 2.45) is 0 Å². The van der Waals surface area contributed by atoms with Crippen molar-refractivity contribution in [2.75, 3.05) is 11.9 Å². The smallest absolute Gasteiger partial charge is 0.229 e. The van der Waals surface area contributed by atoms with Crippen molar-refractivity contribution in [3.05, 3.63) is 59.5 Å². The molecule has 0 unspecified atom stereocenters. The summed E-state index contributed by atoms with van der Waals surface area (Å²) < 4.78 is 41.8. The summed E-state index contributed by atoms with van der Waals surface area (Å²) in [5, 5.41) is 15.5. The first-order valence-electron chi connectivity index (χ1n) is 6.88. The second-order valence-electron chi connectivity index (χ2n) is 5.08. The van der Waals surface area contributed by atoms with Crippen molar-refractivity contribution in [1.82, 2.24) is 9.55 Å². The molecule has 0 aliphatic carbocycles. The fourth-order valence-corrected chi connectivity index (χ4v) is 2.44. The van der Waals surface area contributed by atoms with E-state index in [9.17, 15) is 13.2 Å². The number of aromatic nitrogens is 2. The molecule has 5 nitrogen and oxygen atoms in total. The fraction of sp³-hybridized carbons (Fsp3) is 0.0625. The Morgan fingerprint density at radius 1 is 1.12 bits per heavy atom. The standard InChI is InChI=1S/C16H12F3N5/c1-23(10-4-2-3-9(17)5-10)15-11-6-12(18)13(19)7-14(11)24(8-20)16(21)22-15/h2-8,20-21H,1H3. The minimum absolute atomic E-state index is 0.113. The molecule has 1 heterocycles. The number of nitrogens with zero attached hydrogens (tertiary/aromatic N) is 3. The minimum atomic E-state index is -1.09. The van der Waals surface area contributed by atoms with Crippen molar-refractivity contribution in [3.8, 4) is 0 Å². The Morgan fingerprint density at radius 3 is 2.50 bits per heavy atom. The Morgan fingerprint density at radius 2 is 1.83 bits per heavy atom. The molecule has 0 aliphatic heterocycles. The number of anilines is 2. The monoisotopic (exact) mass is 331 g/mol. The van der Waals surface area contributed by atoms with Crippen LogP contribution >= 0.6 is 0 Å². The van der Waals surface area contributed by atoms with Crippen LogP contribution in [0.1, 0.15) is 0 Å². The molecule has 0 aliphatic rings. The number of benzene rings is 2. The molecule has 1 aromatic heterocycles. The van der Waals surface area contributed by atoms with Crippen LogP contribution in [0.3, 0.4) is 0 Å². The summed E-state index contributed by atoms with van der Waals surface area (Å²) in [5.74, 6) is -2.48. The molecule has 0 fully saturated rings. The highest BCUT2D eigenvalue weighted by molar-refractivity contribution is 5.94. The SMILES string of the molecule is CN(c1cccc(F)c1)c1nc(=N)n(C=N)c2cc(F)c(F)cc12. The van der Waals surface area contributed by atoms with Crippen LogP contribution in [0.5, 0.6) is 0 Å². The molecule has 2 aromatic carbocycles. The second kappa shape index (κ2) is 5.80. The molecule has 2 N–H and O–H groups in total. The normalized spacial score (nSPS) is 10.8. The number of hydrogen-bond acceptors (Lipinski definition) is 4. The van der Waals surface area contributed by atoms with Crippen molar-refractivity contribution < 1.29 is 13.2 Å². The fourth-order valence-electron chi connectivity index (χ4n) is 2.44. The molecule has 122 valence electrons. The largest absolute Gasteiger partial charge is 0.329 e. The predicted octanol–water partition coefficient (Wildman–Crippen LogP) is 3.16. The van der Waals surface area contributed by atoms with Gasteiger partial charge in [0.2, 0.25) is 5.62 Å². The maximum absolute atomic E-state index is 13.7. The average molecular weight is 331 g/mol. The number of hydrogen-bond donors (Lipinski definition) is 2. The van der Waals surface area contributed by atoms with Crippen LogP contribution in [-0.4, -0.2) is 22.9 Å². The van der Waals surface area contributed by atoms with Crippen LogP contribution < -0.4 is 10.5 Å². The van der Waals surface area contributed by atoms with Gasteiger partial charge in [-0.3, -0.25) is 15.4 Å². The van der Waals surface area contributed by atoms with Gasteiger partial charge in [0.15, 0.2) is 11.6 Å². The molecule has 0 radical (unpaired) electrons. The molecule has 3 aromatic rings. The molecular weight excluding hydrogens is 319 g/mol. The first-order chi connectivity index (χ1) is 11.4. The Labute approximate surface area is 134 Å². The predicted molar refractivity (Wildman–Crippen MR) is 84.1 cm³/mol. The van der Waals surface area contributed by atoms with E-state index in [-0.39, 0.29) is 22.3 Å².